The number of ether oxygens (including phenoxy) is 2. The van der Waals surface area contributed by atoms with E-state index in [1.807, 2.05) is 67.8 Å². The predicted molar refractivity (Wildman–Crippen MR) is 205 cm³/mol. The van der Waals surface area contributed by atoms with Crippen molar-refractivity contribution in [1.82, 2.24) is 14.9 Å². The van der Waals surface area contributed by atoms with Crippen LogP contribution in [0, 0.1) is 12.8 Å². The van der Waals surface area contributed by atoms with Crippen LogP contribution in [0.15, 0.2) is 122 Å². The second-order valence-electron chi connectivity index (χ2n) is 13.4. The van der Waals surface area contributed by atoms with E-state index in [9.17, 15) is 14.4 Å². The van der Waals surface area contributed by atoms with Gasteiger partial charge >= 0.3 is 11.9 Å². The van der Waals surface area contributed by atoms with Gasteiger partial charge in [-0.3, -0.25) is 4.79 Å². The van der Waals surface area contributed by atoms with Crippen LogP contribution in [0.2, 0.25) is 0 Å². The van der Waals surface area contributed by atoms with Crippen LogP contribution < -0.4 is 5.32 Å². The molecule has 0 radical (unpaired) electrons. The van der Waals surface area contributed by atoms with Crippen LogP contribution in [-0.2, 0) is 15.9 Å². The lowest BCUT2D eigenvalue weighted by atomic mass is 9.92. The molecule has 262 valence electrons. The van der Waals surface area contributed by atoms with Gasteiger partial charge in [0.1, 0.15) is 0 Å². The Hall–Kier alpha value is -5.67. The second kappa shape index (κ2) is 14.9. The third-order valence-electron chi connectivity index (χ3n) is 9.52. The Kier molecular flexibility index (Phi) is 9.96. The summed E-state index contributed by atoms with van der Waals surface area (Å²) in [4.78, 5) is 44.1. The predicted octanol–water partition coefficient (Wildman–Crippen LogP) is 8.55. The standard InChI is InChI=1S/C43H39N3O5S/c1-26(2)39(46-25-44-38-27(3)21-31(23-37(38)46)40(47)45-32(24-52)22-28-11-5-4-6-12-28)30-19-17-29(18-20-30)33-13-7-8-14-34(33)41(48)50-43-36-16-10-9-15-35(36)42(49)51-43/h4-21,23,25-26,32,39,43,52H,22,24H2,1-3H3,(H,45,47)/t32-,39?,43?/m1/s1. The smallest absolute Gasteiger partial charge is 0.342 e. The molecule has 0 saturated carbocycles. The molecule has 7 rings (SSSR count). The molecule has 8 nitrogen and oxygen atoms in total. The van der Waals surface area contributed by atoms with Gasteiger partial charge in [0.25, 0.3) is 12.2 Å². The number of hydrogen-bond donors (Lipinski definition) is 2. The van der Waals surface area contributed by atoms with E-state index < -0.39 is 18.2 Å². The third-order valence-corrected chi connectivity index (χ3v) is 9.96. The van der Waals surface area contributed by atoms with Crippen molar-refractivity contribution >= 4 is 41.5 Å². The first-order chi connectivity index (χ1) is 25.2. The number of nitrogens with one attached hydrogen (secondary N) is 1. The number of aromatic nitrogens is 2. The van der Waals surface area contributed by atoms with Gasteiger partial charge in [-0.25, -0.2) is 14.6 Å². The zero-order valence-corrected chi connectivity index (χ0v) is 30.0. The summed E-state index contributed by atoms with van der Waals surface area (Å²) >= 11 is 4.52. The van der Waals surface area contributed by atoms with Crippen LogP contribution in [0.5, 0.6) is 0 Å². The van der Waals surface area contributed by atoms with Crippen LogP contribution in [0.25, 0.3) is 22.2 Å². The lowest BCUT2D eigenvalue weighted by Gasteiger charge is -2.25. The molecule has 1 aliphatic heterocycles. The molecular weight excluding hydrogens is 671 g/mol. The van der Waals surface area contributed by atoms with Crippen molar-refractivity contribution in [2.24, 2.45) is 5.92 Å². The Labute approximate surface area is 308 Å². The highest BCUT2D eigenvalue weighted by molar-refractivity contribution is 7.80. The minimum absolute atomic E-state index is 0.0858. The highest BCUT2D eigenvalue weighted by Gasteiger charge is 2.34. The fourth-order valence-corrected chi connectivity index (χ4v) is 7.21. The first-order valence-electron chi connectivity index (χ1n) is 17.3. The van der Waals surface area contributed by atoms with Crippen LogP contribution in [0.3, 0.4) is 0 Å². The molecule has 9 heteroatoms. The lowest BCUT2D eigenvalue weighted by Crippen LogP contribution is -2.37. The number of aryl methyl sites for hydroxylation is 1. The molecule has 2 heterocycles. The summed E-state index contributed by atoms with van der Waals surface area (Å²) in [5, 5.41) is 3.18. The van der Waals surface area contributed by atoms with Crippen LogP contribution in [-0.4, -0.2) is 39.2 Å². The Morgan fingerprint density at radius 3 is 2.33 bits per heavy atom. The minimum atomic E-state index is -1.10. The van der Waals surface area contributed by atoms with E-state index in [0.29, 0.717) is 40.0 Å². The van der Waals surface area contributed by atoms with Gasteiger partial charge in [0, 0.05) is 22.9 Å². The number of benzene rings is 5. The summed E-state index contributed by atoms with van der Waals surface area (Å²) in [6.07, 6.45) is 1.44. The minimum Gasteiger partial charge on any atom is -0.417 e. The first kappa shape index (κ1) is 34.8. The molecule has 5 aromatic carbocycles. The van der Waals surface area contributed by atoms with Crippen molar-refractivity contribution in [3.8, 4) is 11.1 Å². The number of thiol groups is 1. The maximum atomic E-state index is 13.6. The quantitative estimate of drug-likeness (QED) is 0.103. The van der Waals surface area contributed by atoms with E-state index >= 15 is 0 Å². The van der Waals surface area contributed by atoms with Gasteiger partial charge in [0.15, 0.2) is 0 Å². The fourth-order valence-electron chi connectivity index (χ4n) is 6.99. The zero-order chi connectivity index (χ0) is 36.4. The summed E-state index contributed by atoms with van der Waals surface area (Å²) in [5.41, 5.74) is 8.23. The monoisotopic (exact) mass is 709 g/mol. The number of fused-ring (bicyclic) bond motifs is 2. The van der Waals surface area contributed by atoms with E-state index in [1.54, 1.807) is 36.4 Å². The molecule has 6 aromatic rings. The molecule has 0 saturated heterocycles. The number of imidazole rings is 1. The second-order valence-corrected chi connectivity index (χ2v) is 13.8. The number of amides is 1. The van der Waals surface area contributed by atoms with Gasteiger partial charge in [-0.15, -0.1) is 0 Å². The lowest BCUT2D eigenvalue weighted by molar-refractivity contribution is -0.0723. The van der Waals surface area contributed by atoms with Crippen molar-refractivity contribution in [3.05, 3.63) is 161 Å². The Morgan fingerprint density at radius 1 is 0.904 bits per heavy atom. The largest absolute Gasteiger partial charge is 0.417 e. The van der Waals surface area contributed by atoms with Gasteiger partial charge in [0.05, 0.1) is 34.5 Å². The number of nitrogens with zero attached hydrogens (tertiary/aromatic N) is 2. The van der Waals surface area contributed by atoms with E-state index in [1.165, 1.54) is 0 Å². The Balaban J connectivity index is 1.14. The molecule has 52 heavy (non-hydrogen) atoms. The van der Waals surface area contributed by atoms with Crippen molar-refractivity contribution in [2.75, 3.05) is 5.75 Å². The van der Waals surface area contributed by atoms with Crippen LogP contribution >= 0.6 is 12.6 Å². The van der Waals surface area contributed by atoms with E-state index in [4.69, 9.17) is 14.5 Å². The summed E-state index contributed by atoms with van der Waals surface area (Å²) in [6, 6.07) is 35.9. The number of rotatable bonds is 11. The van der Waals surface area contributed by atoms with Gasteiger partial charge in [0.2, 0.25) is 0 Å². The van der Waals surface area contributed by atoms with E-state index in [0.717, 1.165) is 33.3 Å². The average molecular weight is 710 g/mol. The number of carbonyl (C=O) groups excluding carboxylic acids is 3. The summed E-state index contributed by atoms with van der Waals surface area (Å²) in [5.74, 6) is -0.555. The average Bonchev–Trinajstić information content (AvgIpc) is 3.72. The molecular formula is C43H39N3O5S. The topological polar surface area (TPSA) is 99.5 Å². The molecule has 0 spiro atoms. The van der Waals surface area contributed by atoms with Crippen LogP contribution in [0.4, 0.5) is 0 Å². The molecule has 1 N–H and O–H groups in total. The van der Waals surface area contributed by atoms with Crippen molar-refractivity contribution < 1.29 is 23.9 Å². The highest BCUT2D eigenvalue weighted by Crippen LogP contribution is 2.35. The van der Waals surface area contributed by atoms with Gasteiger partial charge in [-0.05, 0) is 71.3 Å². The van der Waals surface area contributed by atoms with Gasteiger partial charge < -0.3 is 19.4 Å². The Bertz CT molecular complexity index is 2260. The fraction of sp³-hybridized carbons (Fsp3) is 0.209. The van der Waals surface area contributed by atoms with E-state index in [-0.39, 0.29) is 23.9 Å². The molecule has 1 aromatic heterocycles. The van der Waals surface area contributed by atoms with Crippen molar-refractivity contribution in [1.29, 1.82) is 0 Å². The molecule has 0 bridgehead atoms. The van der Waals surface area contributed by atoms with Gasteiger partial charge in [-0.2, -0.15) is 12.6 Å². The van der Waals surface area contributed by atoms with Gasteiger partial charge in [-0.1, -0.05) is 105 Å². The van der Waals surface area contributed by atoms with E-state index in [2.05, 4.69) is 60.6 Å². The third kappa shape index (κ3) is 6.96. The maximum Gasteiger partial charge on any atom is 0.342 e. The SMILES string of the molecule is Cc1cc(C(=O)N[C@@H](CS)Cc2ccccc2)cc2c1ncn2C(c1ccc(-c2ccccc2C(=O)OC2OC(=O)c3ccccc32)cc1)C(C)C. The number of cyclic esters (lactones) is 1. The summed E-state index contributed by atoms with van der Waals surface area (Å²) < 4.78 is 13.2. The number of hydrogen-bond acceptors (Lipinski definition) is 7. The van der Waals surface area contributed by atoms with Crippen molar-refractivity contribution in [2.45, 2.75) is 45.6 Å². The number of carbonyl (C=O) groups is 3. The van der Waals surface area contributed by atoms with Crippen molar-refractivity contribution in [3.63, 3.8) is 0 Å². The highest BCUT2D eigenvalue weighted by atomic mass is 32.1. The molecule has 3 atom stereocenters. The Morgan fingerprint density at radius 2 is 1.60 bits per heavy atom. The molecule has 1 aliphatic rings. The molecule has 0 fully saturated rings. The number of esters is 2. The molecule has 1 amide bonds. The zero-order valence-electron chi connectivity index (χ0n) is 29.2. The van der Waals surface area contributed by atoms with Crippen LogP contribution in [0.1, 0.15) is 79.5 Å². The summed E-state index contributed by atoms with van der Waals surface area (Å²) in [7, 11) is 0. The normalized spacial score (nSPS) is 14.9. The first-order valence-corrected chi connectivity index (χ1v) is 18.0. The molecule has 0 aliphatic carbocycles. The summed E-state index contributed by atoms with van der Waals surface area (Å²) in [6.45, 7) is 6.30. The maximum absolute atomic E-state index is 13.6. The molecule has 2 unspecified atom stereocenters.